The summed E-state index contributed by atoms with van der Waals surface area (Å²) in [7, 11) is 1.78. The smallest absolute Gasteiger partial charge is 0.125 e. The molecule has 3 aromatic carbocycles. The van der Waals surface area contributed by atoms with Crippen LogP contribution in [0.25, 0.3) is 10.2 Å². The van der Waals surface area contributed by atoms with Gasteiger partial charge in [0, 0.05) is 17.5 Å². The molecule has 7 heteroatoms. The van der Waals surface area contributed by atoms with Crippen LogP contribution < -0.4 is 14.8 Å². The molecule has 0 amide bonds. The third-order valence-corrected chi connectivity index (χ3v) is 7.45. The number of unbranched alkanes of at least 4 members (excludes halogenated alkanes) is 1. The van der Waals surface area contributed by atoms with Crippen molar-refractivity contribution < 1.29 is 4.74 Å². The molecule has 0 aliphatic heterocycles. The highest BCUT2D eigenvalue weighted by Crippen LogP contribution is 2.33. The summed E-state index contributed by atoms with van der Waals surface area (Å²) in [5.41, 5.74) is 3.03. The molecule has 1 atom stereocenters. The van der Waals surface area contributed by atoms with Gasteiger partial charge in [-0.05, 0) is 66.8 Å². The molecule has 0 saturated carbocycles. The first-order chi connectivity index (χ1) is 16.7. The third-order valence-electron chi connectivity index (χ3n) is 5.41. The molecule has 0 saturated heterocycles. The molecule has 0 radical (unpaired) electrons. The van der Waals surface area contributed by atoms with Crippen LogP contribution in [0, 0.1) is 5.41 Å². The van der Waals surface area contributed by atoms with Gasteiger partial charge in [-0.2, -0.15) is 0 Å². The van der Waals surface area contributed by atoms with E-state index < -0.39 is 0 Å². The molecule has 0 spiro atoms. The minimum atomic E-state index is 0.0195. The van der Waals surface area contributed by atoms with Gasteiger partial charge >= 0.3 is 0 Å². The topological polar surface area (TPSA) is 70.0 Å². The summed E-state index contributed by atoms with van der Waals surface area (Å²) in [4.78, 5) is 6.12. The normalized spacial score (nSPS) is 11.9. The van der Waals surface area contributed by atoms with Crippen molar-refractivity contribution in [3.63, 3.8) is 0 Å². The number of fused-ring (bicyclic) bond motifs is 1. The van der Waals surface area contributed by atoms with Gasteiger partial charge in [0.05, 0.1) is 22.9 Å². The Morgan fingerprint density at radius 3 is 2.74 bits per heavy atom. The standard InChI is InChI=1S/C27H30N4OS2/c1-3-4-15-32-21-13-14-23-25(18-21)33-27(30-23)24(31-34-22-11-6-5-7-12-22)17-19-9-8-10-20(16-19)26(28)29-2/h5-14,16,18,24,31H,3-4,15,17H2,1-2H3,(H2,28,29). The zero-order valence-electron chi connectivity index (χ0n) is 19.5. The molecule has 3 N–H and O–H groups in total. The fourth-order valence-electron chi connectivity index (χ4n) is 3.54. The molecule has 1 unspecified atom stereocenters. The molecular weight excluding hydrogens is 460 g/mol. The summed E-state index contributed by atoms with van der Waals surface area (Å²) in [6.07, 6.45) is 2.94. The molecule has 0 aliphatic rings. The van der Waals surface area contributed by atoms with Crippen molar-refractivity contribution in [2.45, 2.75) is 37.1 Å². The molecule has 5 nitrogen and oxygen atoms in total. The lowest BCUT2D eigenvalue weighted by Crippen LogP contribution is -2.19. The molecule has 34 heavy (non-hydrogen) atoms. The van der Waals surface area contributed by atoms with Crippen LogP contribution in [0.4, 0.5) is 0 Å². The van der Waals surface area contributed by atoms with Gasteiger partial charge in [-0.15, -0.1) is 11.3 Å². The summed E-state index contributed by atoms with van der Waals surface area (Å²) in [5.74, 6) is 1.32. The number of thiazole rings is 1. The Morgan fingerprint density at radius 2 is 1.94 bits per heavy atom. The van der Waals surface area contributed by atoms with Crippen LogP contribution in [0.2, 0.25) is 0 Å². The number of amidine groups is 1. The van der Waals surface area contributed by atoms with Crippen LogP contribution in [0.5, 0.6) is 5.75 Å². The van der Waals surface area contributed by atoms with E-state index in [1.165, 1.54) is 0 Å². The second-order valence-corrected chi connectivity index (χ2v) is 9.97. The van der Waals surface area contributed by atoms with E-state index >= 15 is 0 Å². The SMILES string of the molecule is CCCCOc1ccc2nc(C(Cc3cccc(C(=N)NC)c3)NSc3ccccc3)sc2c1. The molecule has 176 valence electrons. The highest BCUT2D eigenvalue weighted by Gasteiger charge is 2.18. The number of nitrogens with one attached hydrogen (secondary N) is 3. The van der Waals surface area contributed by atoms with Crippen molar-refractivity contribution in [1.82, 2.24) is 15.0 Å². The predicted octanol–water partition coefficient (Wildman–Crippen LogP) is 6.60. The summed E-state index contributed by atoms with van der Waals surface area (Å²) < 4.78 is 10.7. The number of hydrogen-bond donors (Lipinski definition) is 3. The Kier molecular flexibility index (Phi) is 8.57. The highest BCUT2D eigenvalue weighted by molar-refractivity contribution is 7.97. The van der Waals surface area contributed by atoms with Crippen molar-refractivity contribution in [3.8, 4) is 5.75 Å². The minimum absolute atomic E-state index is 0.0195. The maximum Gasteiger partial charge on any atom is 0.125 e. The van der Waals surface area contributed by atoms with Gasteiger partial charge in [0.15, 0.2) is 0 Å². The lowest BCUT2D eigenvalue weighted by molar-refractivity contribution is 0.310. The van der Waals surface area contributed by atoms with Crippen molar-refractivity contribution in [2.24, 2.45) is 0 Å². The Bertz CT molecular complexity index is 1230. The Balaban J connectivity index is 1.59. The van der Waals surface area contributed by atoms with E-state index in [0.29, 0.717) is 5.84 Å². The number of nitrogens with zero attached hydrogens (tertiary/aromatic N) is 1. The maximum absolute atomic E-state index is 8.12. The van der Waals surface area contributed by atoms with Crippen molar-refractivity contribution in [2.75, 3.05) is 13.7 Å². The lowest BCUT2D eigenvalue weighted by Gasteiger charge is -2.17. The molecule has 0 fully saturated rings. The van der Waals surface area contributed by atoms with Crippen LogP contribution in [-0.2, 0) is 6.42 Å². The van der Waals surface area contributed by atoms with Crippen LogP contribution >= 0.6 is 23.3 Å². The number of aromatic nitrogens is 1. The quantitative estimate of drug-likeness (QED) is 0.0956. The molecule has 0 bridgehead atoms. The van der Waals surface area contributed by atoms with E-state index in [4.69, 9.17) is 15.1 Å². The Morgan fingerprint density at radius 1 is 1.09 bits per heavy atom. The van der Waals surface area contributed by atoms with E-state index in [-0.39, 0.29) is 6.04 Å². The first kappa shape index (κ1) is 24.3. The van der Waals surface area contributed by atoms with Gasteiger partial charge in [-0.25, -0.2) is 9.71 Å². The lowest BCUT2D eigenvalue weighted by atomic mass is 10.0. The second kappa shape index (κ2) is 12.0. The van der Waals surface area contributed by atoms with E-state index in [9.17, 15) is 0 Å². The Hall–Kier alpha value is -2.87. The molecule has 4 aromatic rings. The van der Waals surface area contributed by atoms with Gasteiger partial charge in [-0.1, -0.05) is 49.7 Å². The first-order valence-corrected chi connectivity index (χ1v) is 13.2. The fourth-order valence-corrected chi connectivity index (χ4v) is 5.43. The van der Waals surface area contributed by atoms with E-state index in [0.717, 1.165) is 62.9 Å². The van der Waals surface area contributed by atoms with E-state index in [2.05, 4.69) is 47.3 Å². The zero-order valence-corrected chi connectivity index (χ0v) is 21.1. The Labute approximate surface area is 209 Å². The molecule has 4 rings (SSSR count). The second-order valence-electron chi connectivity index (χ2n) is 8.00. The molecule has 1 aromatic heterocycles. The molecular formula is C27H30N4OS2. The summed E-state index contributed by atoms with van der Waals surface area (Å²) >= 11 is 3.33. The van der Waals surface area contributed by atoms with Gasteiger partial charge in [0.2, 0.25) is 0 Å². The first-order valence-electron chi connectivity index (χ1n) is 11.5. The maximum atomic E-state index is 8.12. The highest BCUT2D eigenvalue weighted by atomic mass is 32.2. The number of hydrogen-bond acceptors (Lipinski definition) is 6. The van der Waals surface area contributed by atoms with Crippen molar-refractivity contribution in [3.05, 3.63) is 88.9 Å². The van der Waals surface area contributed by atoms with Gasteiger partial charge in [0.25, 0.3) is 0 Å². The summed E-state index contributed by atoms with van der Waals surface area (Å²) in [6.45, 7) is 2.91. The monoisotopic (exact) mass is 490 g/mol. The van der Waals surface area contributed by atoms with E-state index in [1.807, 2.05) is 42.5 Å². The number of ether oxygens (including phenoxy) is 1. The number of rotatable bonds is 11. The minimum Gasteiger partial charge on any atom is -0.494 e. The predicted molar refractivity (Wildman–Crippen MR) is 144 cm³/mol. The number of benzene rings is 3. The van der Waals surface area contributed by atoms with E-state index in [1.54, 1.807) is 30.3 Å². The van der Waals surface area contributed by atoms with Gasteiger partial charge < -0.3 is 10.1 Å². The van der Waals surface area contributed by atoms with Crippen LogP contribution in [0.3, 0.4) is 0 Å². The van der Waals surface area contributed by atoms with Gasteiger partial charge in [-0.3, -0.25) is 5.41 Å². The zero-order chi connectivity index (χ0) is 23.8. The average molecular weight is 491 g/mol. The van der Waals surface area contributed by atoms with Crippen LogP contribution in [0.15, 0.2) is 77.7 Å². The summed E-state index contributed by atoms with van der Waals surface area (Å²) in [6, 6.07) is 24.7. The largest absolute Gasteiger partial charge is 0.494 e. The van der Waals surface area contributed by atoms with Crippen LogP contribution in [0.1, 0.15) is 41.9 Å². The third kappa shape index (κ3) is 6.38. The average Bonchev–Trinajstić information content (AvgIpc) is 3.30. The van der Waals surface area contributed by atoms with Crippen molar-refractivity contribution in [1.29, 1.82) is 5.41 Å². The molecule has 1 heterocycles. The summed E-state index contributed by atoms with van der Waals surface area (Å²) in [5, 5.41) is 12.1. The molecule has 0 aliphatic carbocycles. The van der Waals surface area contributed by atoms with Gasteiger partial charge in [0.1, 0.15) is 16.6 Å². The van der Waals surface area contributed by atoms with Crippen molar-refractivity contribution >= 4 is 39.3 Å². The van der Waals surface area contributed by atoms with Crippen LogP contribution in [-0.4, -0.2) is 24.5 Å². The fraction of sp³-hybridized carbons (Fsp3) is 0.259.